The molecule has 1 N–H and O–H groups in total. The fraction of sp³-hybridized carbons (Fsp3) is 0.350. The Balaban J connectivity index is 1.79. The maximum atomic E-state index is 13.0. The molecular weight excluding hydrogens is 453 g/mol. The van der Waals surface area contributed by atoms with E-state index < -0.39 is 22.9 Å². The standard InChI is InChI=1S/C20H20ClF3N4O2S/c1-11(2)10-28-17(16-5-4-8-30-16)26-27-19(28)31-12(3)18(29)25-15-9-13(20(22,23)24)6-7-14(15)21/h4-9,11-12H,10H2,1-3H3,(H,25,29)/t12-/m0/s1. The molecule has 2 aromatic heterocycles. The normalized spacial score (nSPS) is 12.9. The Morgan fingerprint density at radius 3 is 2.61 bits per heavy atom. The van der Waals surface area contributed by atoms with Crippen molar-refractivity contribution in [1.29, 1.82) is 0 Å². The number of thioether (sulfide) groups is 1. The van der Waals surface area contributed by atoms with Crippen molar-refractivity contribution in [2.45, 2.75) is 43.9 Å². The summed E-state index contributed by atoms with van der Waals surface area (Å²) in [5.41, 5.74) is -0.999. The van der Waals surface area contributed by atoms with Crippen LogP contribution in [0.1, 0.15) is 26.3 Å². The van der Waals surface area contributed by atoms with Gasteiger partial charge in [0.25, 0.3) is 0 Å². The highest BCUT2D eigenvalue weighted by Gasteiger charge is 2.31. The molecule has 31 heavy (non-hydrogen) atoms. The van der Waals surface area contributed by atoms with Crippen molar-refractivity contribution in [3.05, 3.63) is 47.2 Å². The number of amides is 1. The maximum absolute atomic E-state index is 13.0. The van der Waals surface area contributed by atoms with Gasteiger partial charge in [0.1, 0.15) is 0 Å². The Bertz CT molecular complexity index is 1050. The summed E-state index contributed by atoms with van der Waals surface area (Å²) < 4.78 is 46.2. The van der Waals surface area contributed by atoms with Crippen LogP contribution in [0.4, 0.5) is 18.9 Å². The lowest BCUT2D eigenvalue weighted by Crippen LogP contribution is -2.23. The Kier molecular flexibility index (Phi) is 7.00. The molecule has 0 aliphatic rings. The highest BCUT2D eigenvalue weighted by Crippen LogP contribution is 2.34. The monoisotopic (exact) mass is 472 g/mol. The fourth-order valence-electron chi connectivity index (χ4n) is 2.74. The summed E-state index contributed by atoms with van der Waals surface area (Å²) >= 11 is 7.12. The number of hydrogen-bond acceptors (Lipinski definition) is 5. The first-order valence-corrected chi connectivity index (χ1v) is 10.6. The van der Waals surface area contributed by atoms with Gasteiger partial charge in [-0.2, -0.15) is 13.2 Å². The second-order valence-corrected chi connectivity index (χ2v) is 8.94. The average Bonchev–Trinajstić information content (AvgIpc) is 3.32. The number of carbonyl (C=O) groups excluding carboxylic acids is 1. The van der Waals surface area contributed by atoms with Crippen molar-refractivity contribution in [2.24, 2.45) is 5.92 Å². The van der Waals surface area contributed by atoms with Gasteiger partial charge in [-0.1, -0.05) is 37.2 Å². The van der Waals surface area contributed by atoms with Crippen molar-refractivity contribution in [2.75, 3.05) is 5.32 Å². The molecule has 0 saturated heterocycles. The number of carbonyl (C=O) groups is 1. The highest BCUT2D eigenvalue weighted by atomic mass is 35.5. The number of halogens is 4. The summed E-state index contributed by atoms with van der Waals surface area (Å²) in [5, 5.41) is 10.7. The average molecular weight is 473 g/mol. The van der Waals surface area contributed by atoms with Crippen LogP contribution in [-0.2, 0) is 17.5 Å². The molecule has 0 bridgehead atoms. The quantitative estimate of drug-likeness (QED) is 0.428. The van der Waals surface area contributed by atoms with Crippen LogP contribution in [0.15, 0.2) is 46.2 Å². The Labute approximate surface area is 186 Å². The van der Waals surface area contributed by atoms with E-state index in [2.05, 4.69) is 15.5 Å². The third kappa shape index (κ3) is 5.62. The van der Waals surface area contributed by atoms with Crippen molar-refractivity contribution in [1.82, 2.24) is 14.8 Å². The second-order valence-electron chi connectivity index (χ2n) is 7.23. The molecule has 1 aromatic carbocycles. The molecule has 3 aromatic rings. The van der Waals surface area contributed by atoms with Gasteiger partial charge in [0.2, 0.25) is 5.91 Å². The first-order chi connectivity index (χ1) is 14.6. The Hall–Kier alpha value is -2.46. The van der Waals surface area contributed by atoms with Crippen LogP contribution in [-0.4, -0.2) is 25.9 Å². The van der Waals surface area contributed by atoms with E-state index >= 15 is 0 Å². The van der Waals surface area contributed by atoms with Crippen LogP contribution in [0.5, 0.6) is 0 Å². The lowest BCUT2D eigenvalue weighted by molar-refractivity contribution is -0.137. The largest absolute Gasteiger partial charge is 0.461 e. The van der Waals surface area contributed by atoms with E-state index in [1.54, 1.807) is 19.1 Å². The number of nitrogens with one attached hydrogen (secondary N) is 1. The van der Waals surface area contributed by atoms with Gasteiger partial charge in [0.05, 0.1) is 27.8 Å². The van der Waals surface area contributed by atoms with Crippen molar-refractivity contribution < 1.29 is 22.4 Å². The van der Waals surface area contributed by atoms with E-state index in [-0.39, 0.29) is 16.6 Å². The Morgan fingerprint density at radius 2 is 2.00 bits per heavy atom. The molecule has 1 atom stereocenters. The summed E-state index contributed by atoms with van der Waals surface area (Å²) in [6.07, 6.45) is -3.01. The van der Waals surface area contributed by atoms with Gasteiger partial charge in [-0.05, 0) is 43.2 Å². The Morgan fingerprint density at radius 1 is 1.26 bits per heavy atom. The lowest BCUT2D eigenvalue weighted by atomic mass is 10.2. The number of nitrogens with zero attached hydrogens (tertiary/aromatic N) is 3. The molecular formula is C20H20ClF3N4O2S. The van der Waals surface area contributed by atoms with E-state index in [0.29, 0.717) is 23.3 Å². The van der Waals surface area contributed by atoms with E-state index in [9.17, 15) is 18.0 Å². The van der Waals surface area contributed by atoms with Crippen LogP contribution in [0, 0.1) is 5.92 Å². The third-order valence-electron chi connectivity index (χ3n) is 4.21. The molecule has 0 saturated carbocycles. The van der Waals surface area contributed by atoms with Crippen LogP contribution in [0.25, 0.3) is 11.6 Å². The number of alkyl halides is 3. The molecule has 0 aliphatic carbocycles. The zero-order chi connectivity index (χ0) is 22.8. The maximum Gasteiger partial charge on any atom is 0.416 e. The van der Waals surface area contributed by atoms with Gasteiger partial charge in [-0.15, -0.1) is 10.2 Å². The minimum absolute atomic E-state index is 0.0154. The molecule has 0 fully saturated rings. The van der Waals surface area contributed by atoms with Gasteiger partial charge in [0, 0.05) is 6.54 Å². The number of hydrogen-bond donors (Lipinski definition) is 1. The van der Waals surface area contributed by atoms with Gasteiger partial charge < -0.3 is 9.73 Å². The zero-order valence-electron chi connectivity index (χ0n) is 16.9. The van der Waals surface area contributed by atoms with Crippen LogP contribution in [0.2, 0.25) is 5.02 Å². The van der Waals surface area contributed by atoms with Crippen LogP contribution >= 0.6 is 23.4 Å². The lowest BCUT2D eigenvalue weighted by Gasteiger charge is -2.16. The van der Waals surface area contributed by atoms with Crippen molar-refractivity contribution in [3.8, 4) is 11.6 Å². The molecule has 6 nitrogen and oxygen atoms in total. The van der Waals surface area contributed by atoms with Gasteiger partial charge in [-0.3, -0.25) is 9.36 Å². The molecule has 1 amide bonds. The molecule has 2 heterocycles. The number of furan rings is 1. The second kappa shape index (κ2) is 9.35. The number of aromatic nitrogens is 3. The molecule has 3 rings (SSSR count). The molecule has 166 valence electrons. The zero-order valence-corrected chi connectivity index (χ0v) is 18.5. The predicted molar refractivity (Wildman–Crippen MR) is 113 cm³/mol. The minimum atomic E-state index is -4.54. The van der Waals surface area contributed by atoms with Gasteiger partial charge in [0.15, 0.2) is 16.7 Å². The van der Waals surface area contributed by atoms with E-state index in [1.165, 1.54) is 6.26 Å². The highest BCUT2D eigenvalue weighted by molar-refractivity contribution is 8.00. The topological polar surface area (TPSA) is 73.0 Å². The van der Waals surface area contributed by atoms with E-state index in [0.717, 1.165) is 30.0 Å². The van der Waals surface area contributed by atoms with Crippen LogP contribution in [0.3, 0.4) is 0 Å². The first kappa shape index (κ1) is 23.2. The van der Waals surface area contributed by atoms with Gasteiger partial charge in [-0.25, -0.2) is 0 Å². The SMILES string of the molecule is CC(C)Cn1c(S[C@@H](C)C(=O)Nc2cc(C(F)(F)F)ccc2Cl)nnc1-c1ccco1. The van der Waals surface area contributed by atoms with E-state index in [1.807, 2.05) is 18.4 Å². The van der Waals surface area contributed by atoms with E-state index in [4.69, 9.17) is 16.0 Å². The number of benzene rings is 1. The molecule has 0 radical (unpaired) electrons. The minimum Gasteiger partial charge on any atom is -0.461 e. The summed E-state index contributed by atoms with van der Waals surface area (Å²) in [4.78, 5) is 12.7. The van der Waals surface area contributed by atoms with Crippen molar-refractivity contribution in [3.63, 3.8) is 0 Å². The first-order valence-electron chi connectivity index (χ1n) is 9.37. The number of rotatable bonds is 7. The fourth-order valence-corrected chi connectivity index (χ4v) is 3.76. The van der Waals surface area contributed by atoms with Gasteiger partial charge >= 0.3 is 6.18 Å². The summed E-state index contributed by atoms with van der Waals surface area (Å²) in [6.45, 7) is 6.29. The number of anilines is 1. The molecule has 11 heteroatoms. The van der Waals surface area contributed by atoms with Crippen LogP contribution < -0.4 is 5.32 Å². The molecule has 0 unspecified atom stereocenters. The van der Waals surface area contributed by atoms with Crippen molar-refractivity contribution >= 4 is 35.0 Å². The summed E-state index contributed by atoms with van der Waals surface area (Å²) in [7, 11) is 0. The molecule has 0 spiro atoms. The molecule has 0 aliphatic heterocycles. The summed E-state index contributed by atoms with van der Waals surface area (Å²) in [5.74, 6) is 0.851. The summed E-state index contributed by atoms with van der Waals surface area (Å²) in [6, 6.07) is 6.29. The predicted octanol–water partition coefficient (Wildman–Crippen LogP) is 5.99. The smallest absolute Gasteiger partial charge is 0.416 e. The third-order valence-corrected chi connectivity index (χ3v) is 5.62.